The van der Waals surface area contributed by atoms with Crippen molar-refractivity contribution in [2.75, 3.05) is 13.2 Å². The van der Waals surface area contributed by atoms with Crippen LogP contribution in [0.2, 0.25) is 0 Å². The second-order valence-electron chi connectivity index (χ2n) is 19.1. The molecule has 0 aliphatic carbocycles. The molecular weight excluding hydrogens is 925 g/mol. The Kier molecular flexibility index (Phi) is 57.5. The molecule has 0 aliphatic rings. The molecule has 0 rings (SSSR count). The molecule has 0 amide bonds. The zero-order chi connectivity index (χ0) is 54.3. The Labute approximate surface area is 460 Å². The van der Waals surface area contributed by atoms with E-state index in [2.05, 4.69) is 179 Å². The van der Waals surface area contributed by atoms with Crippen LogP contribution in [-0.4, -0.2) is 37.2 Å². The summed E-state index contributed by atoms with van der Waals surface area (Å²) >= 11 is 0. The lowest BCUT2D eigenvalue weighted by atomic mass is 10.1. The Balaban J connectivity index is 4.54. The highest BCUT2D eigenvalue weighted by Crippen LogP contribution is 2.13. The maximum absolute atomic E-state index is 12.9. The summed E-state index contributed by atoms with van der Waals surface area (Å²) in [6.07, 6.45) is 89.4. The number of rotatable bonds is 52. The number of carbonyl (C=O) groups excluding carboxylic acids is 3. The molecule has 0 radical (unpaired) electrons. The molecule has 1 atom stereocenters. The highest BCUT2D eigenvalue weighted by atomic mass is 16.6. The predicted molar refractivity (Wildman–Crippen MR) is 325 cm³/mol. The third-order valence-electron chi connectivity index (χ3n) is 12.0. The topological polar surface area (TPSA) is 78.9 Å². The first kappa shape index (κ1) is 70.0. The van der Waals surface area contributed by atoms with Crippen LogP contribution in [0.4, 0.5) is 0 Å². The van der Waals surface area contributed by atoms with Gasteiger partial charge in [0.2, 0.25) is 0 Å². The van der Waals surface area contributed by atoms with Gasteiger partial charge in [0.15, 0.2) is 6.10 Å². The molecule has 0 N–H and O–H groups in total. The van der Waals surface area contributed by atoms with Crippen molar-refractivity contribution >= 4 is 17.9 Å². The summed E-state index contributed by atoms with van der Waals surface area (Å²) < 4.78 is 16.9. The average molecular weight is 1030 g/mol. The predicted octanol–water partition coefficient (Wildman–Crippen LogP) is 20.5. The first-order chi connectivity index (χ1) is 37.0. The minimum absolute atomic E-state index is 0.110. The highest BCUT2D eigenvalue weighted by Gasteiger charge is 2.19. The van der Waals surface area contributed by atoms with E-state index in [9.17, 15) is 14.4 Å². The van der Waals surface area contributed by atoms with Gasteiger partial charge in [0.05, 0.1) is 0 Å². The number of unbranched alkanes of at least 4 members (excludes halogenated alkanes) is 15. The number of hydrogen-bond acceptors (Lipinski definition) is 6. The van der Waals surface area contributed by atoms with Crippen molar-refractivity contribution < 1.29 is 28.6 Å². The molecule has 6 nitrogen and oxygen atoms in total. The number of esters is 3. The van der Waals surface area contributed by atoms with E-state index in [1.807, 2.05) is 0 Å². The highest BCUT2D eigenvalue weighted by molar-refractivity contribution is 5.71. The van der Waals surface area contributed by atoms with Crippen molar-refractivity contribution in [3.63, 3.8) is 0 Å². The van der Waals surface area contributed by atoms with E-state index < -0.39 is 6.10 Å². The summed E-state index contributed by atoms with van der Waals surface area (Å²) in [6.45, 7) is 6.24. The van der Waals surface area contributed by atoms with Crippen molar-refractivity contribution in [3.8, 4) is 0 Å². The van der Waals surface area contributed by atoms with E-state index in [-0.39, 0.29) is 37.5 Å². The molecule has 0 fully saturated rings. The Morgan fingerprint density at radius 2 is 0.480 bits per heavy atom. The van der Waals surface area contributed by atoms with Gasteiger partial charge in [-0.2, -0.15) is 0 Å². The minimum Gasteiger partial charge on any atom is -0.462 e. The van der Waals surface area contributed by atoms with Crippen molar-refractivity contribution in [2.45, 2.75) is 245 Å². The number of carbonyl (C=O) groups is 3. The van der Waals surface area contributed by atoms with Crippen LogP contribution in [0.15, 0.2) is 158 Å². The molecule has 75 heavy (non-hydrogen) atoms. The van der Waals surface area contributed by atoms with Crippen LogP contribution in [0.5, 0.6) is 0 Å². The Bertz CT molecular complexity index is 1710. The molecule has 0 aromatic carbocycles. The van der Waals surface area contributed by atoms with Crippen LogP contribution in [0.25, 0.3) is 0 Å². The fourth-order valence-electron chi connectivity index (χ4n) is 7.63. The lowest BCUT2D eigenvalue weighted by Crippen LogP contribution is -2.30. The third kappa shape index (κ3) is 59.8. The summed E-state index contributed by atoms with van der Waals surface area (Å²) in [5.41, 5.74) is 0. The molecule has 0 aliphatic heterocycles. The molecule has 1 unspecified atom stereocenters. The van der Waals surface area contributed by atoms with Crippen molar-refractivity contribution in [3.05, 3.63) is 158 Å². The summed E-state index contributed by atoms with van der Waals surface area (Å²) in [5, 5.41) is 0. The number of hydrogen-bond donors (Lipinski definition) is 0. The molecule has 0 bridgehead atoms. The lowest BCUT2D eigenvalue weighted by Gasteiger charge is -2.18. The van der Waals surface area contributed by atoms with Crippen LogP contribution >= 0.6 is 0 Å². The zero-order valence-corrected chi connectivity index (χ0v) is 48.0. The molecule has 0 aromatic rings. The van der Waals surface area contributed by atoms with E-state index in [0.29, 0.717) is 19.3 Å². The molecule has 0 saturated carbocycles. The van der Waals surface area contributed by atoms with Crippen LogP contribution in [-0.2, 0) is 28.6 Å². The summed E-state index contributed by atoms with van der Waals surface area (Å²) in [7, 11) is 0. The minimum atomic E-state index is -0.818. The van der Waals surface area contributed by atoms with Gasteiger partial charge >= 0.3 is 17.9 Å². The molecule has 0 aromatic heterocycles. The molecule has 6 heteroatoms. The molecule has 0 spiro atoms. The van der Waals surface area contributed by atoms with Gasteiger partial charge in [-0.25, -0.2) is 0 Å². The van der Waals surface area contributed by atoms with Gasteiger partial charge in [-0.1, -0.05) is 237 Å². The number of ether oxygens (including phenoxy) is 3. The van der Waals surface area contributed by atoms with Gasteiger partial charge in [-0.15, -0.1) is 0 Å². The zero-order valence-electron chi connectivity index (χ0n) is 48.0. The van der Waals surface area contributed by atoms with Gasteiger partial charge in [0, 0.05) is 19.3 Å². The van der Waals surface area contributed by atoms with Crippen molar-refractivity contribution in [1.29, 1.82) is 0 Å². The normalized spacial score (nSPS) is 13.3. The van der Waals surface area contributed by atoms with E-state index in [1.165, 1.54) is 25.7 Å². The van der Waals surface area contributed by atoms with Crippen molar-refractivity contribution in [2.24, 2.45) is 0 Å². The Morgan fingerprint density at radius 1 is 0.267 bits per heavy atom. The maximum atomic E-state index is 12.9. The summed E-state index contributed by atoms with van der Waals surface area (Å²) in [6, 6.07) is 0. The molecular formula is C69H108O6. The fraction of sp³-hybridized carbons (Fsp3) is 0.580. The standard InChI is InChI=1S/C69H108O6/c1-4-7-10-13-16-19-22-25-28-31-33-34-36-38-41-44-47-50-53-56-59-62-68(71)74-65-66(64-73-67(70)61-58-55-52-49-46-43-40-37-30-27-24-21-18-15-12-9-6-3)75-69(72)63-60-57-54-51-48-45-42-39-35-32-29-26-23-20-17-14-11-8-5-2/h7-12,16-21,25-30,33-35,38-39,41,45,48,66H,4-6,13-15,22-24,31-32,36-37,40,42-44,46-47,49-65H2,1-3H3/b10-7-,11-8-,12-9-,19-16-,20-17-,21-18-,28-25-,29-26-,30-27-,34-33-,39-35-,41-38-,48-45-. The number of allylic oxidation sites excluding steroid dienone is 26. The summed E-state index contributed by atoms with van der Waals surface area (Å²) in [5.74, 6) is -0.977. The first-order valence-corrected chi connectivity index (χ1v) is 30.0. The monoisotopic (exact) mass is 1030 g/mol. The van der Waals surface area contributed by atoms with E-state index >= 15 is 0 Å². The van der Waals surface area contributed by atoms with Gasteiger partial charge in [0.25, 0.3) is 0 Å². The SMILES string of the molecule is CC/C=C\C/C=C\C/C=C\C/C=C\C/C=C\CCCCCCCC(=O)OCC(COC(=O)CCCCCCCCC/C=C\C/C=C\C/C=C\CC)OC(=O)CCCCC/C=C\C/C=C\C/C=C\C/C=C\C/C=C\CC. The quantitative estimate of drug-likeness (QED) is 0.0261. The van der Waals surface area contributed by atoms with Gasteiger partial charge < -0.3 is 14.2 Å². The van der Waals surface area contributed by atoms with Gasteiger partial charge in [-0.3, -0.25) is 14.4 Å². The van der Waals surface area contributed by atoms with E-state index in [0.717, 1.165) is 167 Å². The van der Waals surface area contributed by atoms with Crippen LogP contribution < -0.4 is 0 Å². The Morgan fingerprint density at radius 3 is 0.760 bits per heavy atom. The van der Waals surface area contributed by atoms with Crippen LogP contribution in [0.1, 0.15) is 239 Å². The van der Waals surface area contributed by atoms with Gasteiger partial charge in [-0.05, 0) is 141 Å². The molecule has 420 valence electrons. The lowest BCUT2D eigenvalue weighted by molar-refractivity contribution is -0.167. The second kappa shape index (κ2) is 61.6. The smallest absolute Gasteiger partial charge is 0.306 e. The summed E-state index contributed by atoms with van der Waals surface area (Å²) in [4.78, 5) is 38.3. The van der Waals surface area contributed by atoms with Crippen molar-refractivity contribution in [1.82, 2.24) is 0 Å². The third-order valence-corrected chi connectivity index (χ3v) is 12.0. The first-order valence-electron chi connectivity index (χ1n) is 30.0. The Hall–Kier alpha value is -4.97. The molecule has 0 heterocycles. The van der Waals surface area contributed by atoms with Gasteiger partial charge in [0.1, 0.15) is 13.2 Å². The van der Waals surface area contributed by atoms with E-state index in [1.54, 1.807) is 0 Å². The maximum Gasteiger partial charge on any atom is 0.306 e. The fourth-order valence-corrected chi connectivity index (χ4v) is 7.63. The second-order valence-corrected chi connectivity index (χ2v) is 19.1. The van der Waals surface area contributed by atoms with Crippen LogP contribution in [0, 0.1) is 0 Å². The largest absolute Gasteiger partial charge is 0.462 e. The average Bonchev–Trinajstić information content (AvgIpc) is 3.41. The van der Waals surface area contributed by atoms with Crippen LogP contribution in [0.3, 0.4) is 0 Å². The molecule has 0 saturated heterocycles. The van der Waals surface area contributed by atoms with E-state index in [4.69, 9.17) is 14.2 Å².